The van der Waals surface area contributed by atoms with Gasteiger partial charge in [-0.05, 0) is 36.2 Å². The maximum absolute atomic E-state index is 12.7. The summed E-state index contributed by atoms with van der Waals surface area (Å²) >= 11 is 0. The van der Waals surface area contributed by atoms with Crippen LogP contribution in [-0.4, -0.2) is 22.5 Å². The fraction of sp³-hybridized carbons (Fsp3) is 0.294. The molecule has 0 aliphatic heterocycles. The molecule has 1 amide bonds. The van der Waals surface area contributed by atoms with Gasteiger partial charge in [-0.25, -0.2) is 0 Å². The highest BCUT2D eigenvalue weighted by Gasteiger charge is 2.30. The van der Waals surface area contributed by atoms with Gasteiger partial charge >= 0.3 is 6.18 Å². The minimum absolute atomic E-state index is 0.0859. The summed E-state index contributed by atoms with van der Waals surface area (Å²) in [6.45, 7) is 1.66. The average Bonchev–Trinajstić information content (AvgIpc) is 2.54. The summed E-state index contributed by atoms with van der Waals surface area (Å²) in [5.74, 6) is -0.341. The summed E-state index contributed by atoms with van der Waals surface area (Å²) in [7, 11) is 0. The topological polar surface area (TPSA) is 62.2 Å². The van der Waals surface area contributed by atoms with Crippen LogP contribution in [0.15, 0.2) is 42.6 Å². The van der Waals surface area contributed by atoms with Crippen LogP contribution in [0.5, 0.6) is 0 Å². The van der Waals surface area contributed by atoms with Gasteiger partial charge in [0.05, 0.1) is 18.1 Å². The number of hydrogen-bond donors (Lipinski definition) is 2. The zero-order valence-corrected chi connectivity index (χ0v) is 13.0. The Kier molecular flexibility index (Phi) is 5.56. The molecule has 0 radical (unpaired) electrons. The number of rotatable bonds is 5. The predicted molar refractivity (Wildman–Crippen MR) is 82.1 cm³/mol. The zero-order valence-electron chi connectivity index (χ0n) is 13.0. The van der Waals surface area contributed by atoms with Crippen LogP contribution in [0, 0.1) is 6.92 Å². The Morgan fingerprint density at radius 3 is 2.67 bits per heavy atom. The summed E-state index contributed by atoms with van der Waals surface area (Å²) < 4.78 is 38.0. The molecule has 2 aromatic rings. The molecule has 7 heteroatoms. The number of nitrogens with one attached hydrogen (secondary N) is 1. The molecule has 0 aliphatic rings. The quantitative estimate of drug-likeness (QED) is 0.881. The highest BCUT2D eigenvalue weighted by molar-refractivity contribution is 5.78. The number of nitrogens with zero attached hydrogens (tertiary/aromatic N) is 1. The van der Waals surface area contributed by atoms with Crippen molar-refractivity contribution in [1.29, 1.82) is 0 Å². The summed E-state index contributed by atoms with van der Waals surface area (Å²) in [4.78, 5) is 15.9. The standard InChI is InChI=1S/C17H17F3N2O2/c1-11-5-6-12(9-21-11)7-16(24)22-10-15(23)13-3-2-4-14(8-13)17(18,19)20/h2-6,8-9,15,23H,7,10H2,1H3,(H,22,24)/t15-/m1/s1. The van der Waals surface area contributed by atoms with Crippen molar-refractivity contribution in [1.82, 2.24) is 10.3 Å². The van der Waals surface area contributed by atoms with Gasteiger partial charge in [0.2, 0.25) is 5.91 Å². The van der Waals surface area contributed by atoms with Crippen LogP contribution in [0.2, 0.25) is 0 Å². The van der Waals surface area contributed by atoms with Crippen molar-refractivity contribution >= 4 is 5.91 Å². The van der Waals surface area contributed by atoms with Gasteiger partial charge in [-0.1, -0.05) is 18.2 Å². The van der Waals surface area contributed by atoms with Gasteiger partial charge in [0.25, 0.3) is 0 Å². The molecule has 0 fully saturated rings. The normalized spacial score (nSPS) is 12.7. The minimum atomic E-state index is -4.47. The van der Waals surface area contributed by atoms with E-state index in [2.05, 4.69) is 10.3 Å². The lowest BCUT2D eigenvalue weighted by atomic mass is 10.1. The van der Waals surface area contributed by atoms with E-state index in [0.29, 0.717) is 5.56 Å². The third kappa shape index (κ3) is 5.06. The number of aryl methyl sites for hydroxylation is 1. The smallest absolute Gasteiger partial charge is 0.387 e. The van der Waals surface area contributed by atoms with E-state index in [-0.39, 0.29) is 24.4 Å². The minimum Gasteiger partial charge on any atom is -0.387 e. The summed E-state index contributed by atoms with van der Waals surface area (Å²) in [5.41, 5.74) is 0.809. The van der Waals surface area contributed by atoms with Crippen LogP contribution < -0.4 is 5.32 Å². The molecule has 1 aromatic carbocycles. The number of aliphatic hydroxyl groups is 1. The van der Waals surface area contributed by atoms with E-state index in [9.17, 15) is 23.1 Å². The third-order valence-electron chi connectivity index (χ3n) is 3.43. The monoisotopic (exact) mass is 338 g/mol. The van der Waals surface area contributed by atoms with Crippen molar-refractivity contribution in [2.24, 2.45) is 0 Å². The Hall–Kier alpha value is -2.41. The number of aromatic nitrogens is 1. The van der Waals surface area contributed by atoms with Crippen LogP contribution in [-0.2, 0) is 17.4 Å². The SMILES string of the molecule is Cc1ccc(CC(=O)NC[C@@H](O)c2cccc(C(F)(F)F)c2)cn1. The maximum Gasteiger partial charge on any atom is 0.416 e. The van der Waals surface area contributed by atoms with Crippen LogP contribution in [0.4, 0.5) is 13.2 Å². The Morgan fingerprint density at radius 2 is 2.04 bits per heavy atom. The van der Waals surface area contributed by atoms with Gasteiger partial charge in [-0.2, -0.15) is 13.2 Å². The van der Waals surface area contributed by atoms with Crippen molar-refractivity contribution in [2.75, 3.05) is 6.54 Å². The van der Waals surface area contributed by atoms with Crippen molar-refractivity contribution in [3.05, 3.63) is 65.0 Å². The number of carbonyl (C=O) groups is 1. The van der Waals surface area contributed by atoms with E-state index in [1.54, 1.807) is 18.3 Å². The molecule has 1 heterocycles. The molecule has 0 saturated heterocycles. The molecule has 4 nitrogen and oxygen atoms in total. The van der Waals surface area contributed by atoms with E-state index in [0.717, 1.165) is 17.8 Å². The summed E-state index contributed by atoms with van der Waals surface area (Å²) in [6.07, 6.45) is -4.02. The first kappa shape index (κ1) is 17.9. The molecule has 128 valence electrons. The molecule has 0 spiro atoms. The zero-order chi connectivity index (χ0) is 17.7. The summed E-state index contributed by atoms with van der Waals surface area (Å²) in [6, 6.07) is 7.96. The van der Waals surface area contributed by atoms with E-state index in [1.807, 2.05) is 6.92 Å². The van der Waals surface area contributed by atoms with E-state index >= 15 is 0 Å². The Bertz CT molecular complexity index is 700. The van der Waals surface area contributed by atoms with Crippen LogP contribution in [0.1, 0.15) is 28.5 Å². The Labute approximate surface area is 137 Å². The van der Waals surface area contributed by atoms with Crippen molar-refractivity contribution in [3.8, 4) is 0 Å². The lowest BCUT2D eigenvalue weighted by molar-refractivity contribution is -0.137. The molecular formula is C17H17F3N2O2. The molecule has 2 rings (SSSR count). The van der Waals surface area contributed by atoms with E-state index in [1.165, 1.54) is 12.1 Å². The van der Waals surface area contributed by atoms with Crippen molar-refractivity contribution in [2.45, 2.75) is 25.6 Å². The summed E-state index contributed by atoms with van der Waals surface area (Å²) in [5, 5.41) is 12.5. The van der Waals surface area contributed by atoms with Crippen LogP contribution >= 0.6 is 0 Å². The van der Waals surface area contributed by atoms with E-state index < -0.39 is 17.8 Å². The first-order valence-corrected chi connectivity index (χ1v) is 7.29. The van der Waals surface area contributed by atoms with Gasteiger partial charge in [0.1, 0.15) is 0 Å². The average molecular weight is 338 g/mol. The number of aliphatic hydroxyl groups excluding tert-OH is 1. The highest BCUT2D eigenvalue weighted by atomic mass is 19.4. The number of hydrogen-bond acceptors (Lipinski definition) is 3. The molecule has 2 N–H and O–H groups in total. The molecule has 0 unspecified atom stereocenters. The van der Waals surface area contributed by atoms with Crippen molar-refractivity contribution in [3.63, 3.8) is 0 Å². The second-order valence-corrected chi connectivity index (χ2v) is 5.43. The fourth-order valence-corrected chi connectivity index (χ4v) is 2.10. The number of benzene rings is 1. The van der Waals surface area contributed by atoms with Gasteiger partial charge in [-0.3, -0.25) is 9.78 Å². The number of carbonyl (C=O) groups excluding carboxylic acids is 1. The Morgan fingerprint density at radius 1 is 1.29 bits per heavy atom. The lowest BCUT2D eigenvalue weighted by Crippen LogP contribution is -2.29. The molecule has 1 atom stereocenters. The number of pyridine rings is 1. The molecule has 1 aromatic heterocycles. The maximum atomic E-state index is 12.7. The van der Waals surface area contributed by atoms with Crippen LogP contribution in [0.3, 0.4) is 0 Å². The van der Waals surface area contributed by atoms with Gasteiger partial charge in [0, 0.05) is 18.4 Å². The second-order valence-electron chi connectivity index (χ2n) is 5.43. The first-order chi connectivity index (χ1) is 11.3. The number of amides is 1. The van der Waals surface area contributed by atoms with Gasteiger partial charge in [0.15, 0.2) is 0 Å². The largest absolute Gasteiger partial charge is 0.416 e. The molecule has 0 aliphatic carbocycles. The Balaban J connectivity index is 1.91. The van der Waals surface area contributed by atoms with Crippen LogP contribution in [0.25, 0.3) is 0 Å². The first-order valence-electron chi connectivity index (χ1n) is 7.29. The lowest BCUT2D eigenvalue weighted by Gasteiger charge is -2.14. The molecule has 0 saturated carbocycles. The third-order valence-corrected chi connectivity index (χ3v) is 3.43. The molecule has 24 heavy (non-hydrogen) atoms. The van der Waals surface area contributed by atoms with E-state index in [4.69, 9.17) is 0 Å². The van der Waals surface area contributed by atoms with Crippen molar-refractivity contribution < 1.29 is 23.1 Å². The second kappa shape index (κ2) is 7.44. The fourth-order valence-electron chi connectivity index (χ4n) is 2.10. The molecule has 0 bridgehead atoms. The van der Waals surface area contributed by atoms with Gasteiger partial charge < -0.3 is 10.4 Å². The predicted octanol–water partition coefficient (Wildman–Crippen LogP) is 2.80. The van der Waals surface area contributed by atoms with Gasteiger partial charge in [-0.15, -0.1) is 0 Å². The molecular weight excluding hydrogens is 321 g/mol. The highest BCUT2D eigenvalue weighted by Crippen LogP contribution is 2.30. The number of halogens is 3. The number of alkyl halides is 3.